The molecule has 4 nitrogen and oxygen atoms in total. The van der Waals surface area contributed by atoms with Gasteiger partial charge in [0.2, 0.25) is 0 Å². The molecule has 0 bridgehead atoms. The van der Waals surface area contributed by atoms with E-state index in [1.165, 1.54) is 30.3 Å². The number of carboxylic acids is 1. The average molecular weight is 469 g/mol. The molecule has 0 amide bonds. The summed E-state index contributed by atoms with van der Waals surface area (Å²) in [6.45, 7) is 7.64. The van der Waals surface area contributed by atoms with Crippen molar-refractivity contribution in [3.8, 4) is 0 Å². The molecule has 1 aliphatic heterocycles. The van der Waals surface area contributed by atoms with E-state index < -0.39 is 46.6 Å². The summed E-state index contributed by atoms with van der Waals surface area (Å²) in [5.41, 5.74) is 4.87. The zero-order valence-electron chi connectivity index (χ0n) is 17.1. The van der Waals surface area contributed by atoms with Crippen molar-refractivity contribution in [2.45, 2.75) is 43.8 Å². The van der Waals surface area contributed by atoms with Crippen LogP contribution in [0, 0.1) is 17.0 Å². The molecule has 0 saturated carbocycles. The number of rotatable bonds is 6. The summed E-state index contributed by atoms with van der Waals surface area (Å²) >= 11 is 11.9. The Kier molecular flexibility index (Phi) is 6.50. The minimum Gasteiger partial charge on any atom is -0.480 e. The lowest BCUT2D eigenvalue weighted by atomic mass is 9.68. The lowest BCUT2D eigenvalue weighted by Crippen LogP contribution is -2.52. The molecule has 4 N–H and O–H groups in total. The van der Waals surface area contributed by atoms with Crippen molar-refractivity contribution in [1.29, 1.82) is 0 Å². The normalized spacial score (nSPS) is 26.1. The zero-order chi connectivity index (χ0) is 23.1. The molecular weight excluding hydrogens is 445 g/mol. The van der Waals surface area contributed by atoms with Crippen LogP contribution in [0.3, 0.4) is 0 Å². The zero-order valence-corrected chi connectivity index (χ0v) is 18.6. The fourth-order valence-corrected chi connectivity index (χ4v) is 4.73. The molecule has 1 fully saturated rings. The van der Waals surface area contributed by atoms with E-state index in [1.54, 1.807) is 6.08 Å². The van der Waals surface area contributed by atoms with E-state index in [0.29, 0.717) is 6.42 Å². The molecule has 0 radical (unpaired) electrons. The highest BCUT2D eigenvalue weighted by Gasteiger charge is 2.58. The molecule has 1 aliphatic rings. The Labute approximate surface area is 190 Å². The fraction of sp³-hybridized carbons (Fsp3) is 0.348. The van der Waals surface area contributed by atoms with E-state index in [1.807, 2.05) is 13.8 Å². The SMILES string of the molecule is C=CC(C)(C)CC1NC(C(=O)O)C(c2cccc(Cl)c2F)C1(N)c1ccc(Cl)cc1F. The van der Waals surface area contributed by atoms with Crippen LogP contribution in [0.5, 0.6) is 0 Å². The van der Waals surface area contributed by atoms with E-state index in [2.05, 4.69) is 11.9 Å². The first kappa shape index (κ1) is 23.7. The Morgan fingerprint density at radius 2 is 2.00 bits per heavy atom. The molecule has 8 heteroatoms. The number of benzene rings is 2. The van der Waals surface area contributed by atoms with Gasteiger partial charge in [-0.25, -0.2) is 8.78 Å². The smallest absolute Gasteiger partial charge is 0.321 e. The minimum absolute atomic E-state index is 0.00293. The van der Waals surface area contributed by atoms with E-state index in [9.17, 15) is 9.90 Å². The van der Waals surface area contributed by atoms with Crippen LogP contribution in [-0.4, -0.2) is 23.2 Å². The highest BCUT2D eigenvalue weighted by molar-refractivity contribution is 6.31. The summed E-state index contributed by atoms with van der Waals surface area (Å²) in [4.78, 5) is 12.2. The molecule has 3 rings (SSSR count). The Morgan fingerprint density at radius 3 is 2.58 bits per heavy atom. The fourth-order valence-electron chi connectivity index (χ4n) is 4.39. The van der Waals surface area contributed by atoms with Crippen LogP contribution in [0.2, 0.25) is 10.0 Å². The van der Waals surface area contributed by atoms with Crippen LogP contribution in [0.25, 0.3) is 0 Å². The number of aliphatic carboxylic acids is 1. The third kappa shape index (κ3) is 4.22. The van der Waals surface area contributed by atoms with Crippen molar-refractivity contribution >= 4 is 29.2 Å². The molecule has 2 aromatic carbocycles. The van der Waals surface area contributed by atoms with Gasteiger partial charge in [0.15, 0.2) is 0 Å². The highest BCUT2D eigenvalue weighted by Crippen LogP contribution is 2.49. The van der Waals surface area contributed by atoms with Gasteiger partial charge in [-0.3, -0.25) is 10.1 Å². The molecule has 1 heterocycles. The highest BCUT2D eigenvalue weighted by atomic mass is 35.5. The van der Waals surface area contributed by atoms with Crippen LogP contribution >= 0.6 is 23.2 Å². The van der Waals surface area contributed by atoms with Crippen LogP contribution in [-0.2, 0) is 10.3 Å². The van der Waals surface area contributed by atoms with Gasteiger partial charge in [0.1, 0.15) is 17.7 Å². The third-order valence-corrected chi connectivity index (χ3v) is 6.60. The van der Waals surface area contributed by atoms with Gasteiger partial charge in [-0.1, -0.05) is 61.3 Å². The quantitative estimate of drug-likeness (QED) is 0.506. The molecule has 4 unspecified atom stereocenters. The van der Waals surface area contributed by atoms with Crippen LogP contribution < -0.4 is 11.1 Å². The van der Waals surface area contributed by atoms with E-state index >= 15 is 8.78 Å². The maximum absolute atomic E-state index is 15.2. The first-order valence-electron chi connectivity index (χ1n) is 9.73. The number of carbonyl (C=O) groups is 1. The monoisotopic (exact) mass is 468 g/mol. The lowest BCUT2D eigenvalue weighted by molar-refractivity contribution is -0.139. The summed E-state index contributed by atoms with van der Waals surface area (Å²) in [5, 5.41) is 13.0. The molecule has 0 spiro atoms. The largest absolute Gasteiger partial charge is 0.480 e. The lowest BCUT2D eigenvalue weighted by Gasteiger charge is -2.40. The summed E-state index contributed by atoms with van der Waals surface area (Å²) in [6.07, 6.45) is 2.05. The van der Waals surface area contributed by atoms with E-state index in [4.69, 9.17) is 28.9 Å². The second kappa shape index (κ2) is 8.51. The Morgan fingerprint density at radius 1 is 1.32 bits per heavy atom. The molecule has 1 saturated heterocycles. The van der Waals surface area contributed by atoms with Crippen molar-refractivity contribution in [2.24, 2.45) is 11.1 Å². The number of hydrogen-bond donors (Lipinski definition) is 3. The van der Waals surface area contributed by atoms with Crippen molar-refractivity contribution < 1.29 is 18.7 Å². The van der Waals surface area contributed by atoms with E-state index in [-0.39, 0.29) is 21.2 Å². The van der Waals surface area contributed by atoms with Crippen molar-refractivity contribution in [1.82, 2.24) is 5.32 Å². The molecule has 31 heavy (non-hydrogen) atoms. The van der Waals surface area contributed by atoms with Gasteiger partial charge in [0.25, 0.3) is 0 Å². The second-order valence-corrected chi connectivity index (χ2v) is 9.45. The minimum atomic E-state index is -1.62. The van der Waals surface area contributed by atoms with Crippen molar-refractivity contribution in [3.63, 3.8) is 0 Å². The standard InChI is InChI=1S/C23H24Cl2F2N2O2/c1-4-22(2,3)11-17-23(28,14-9-8-12(24)10-16(14)26)18(20(29-17)21(30)31)13-6-5-7-15(25)19(13)27/h4-10,17-18,20,29H,1,11,28H2,2-3H3,(H,30,31). The maximum Gasteiger partial charge on any atom is 0.321 e. The molecule has 0 aliphatic carbocycles. The van der Waals surface area contributed by atoms with Gasteiger partial charge < -0.3 is 10.8 Å². The van der Waals surface area contributed by atoms with Gasteiger partial charge in [-0.2, -0.15) is 0 Å². The first-order valence-corrected chi connectivity index (χ1v) is 10.5. The third-order valence-electron chi connectivity index (χ3n) is 6.07. The number of hydrogen-bond acceptors (Lipinski definition) is 3. The Hall–Kier alpha value is -1.99. The summed E-state index contributed by atoms with van der Waals surface area (Å²) in [6, 6.07) is 6.31. The number of nitrogens with one attached hydrogen (secondary N) is 1. The maximum atomic E-state index is 15.2. The summed E-state index contributed by atoms with van der Waals surface area (Å²) in [7, 11) is 0. The van der Waals surface area contributed by atoms with Crippen LogP contribution in [0.1, 0.15) is 37.3 Å². The Balaban J connectivity index is 2.31. The molecule has 0 aromatic heterocycles. The van der Waals surface area contributed by atoms with Gasteiger partial charge in [0, 0.05) is 22.5 Å². The van der Waals surface area contributed by atoms with Crippen molar-refractivity contribution in [2.75, 3.05) is 0 Å². The van der Waals surface area contributed by atoms with Crippen LogP contribution in [0.4, 0.5) is 8.78 Å². The molecular formula is C23H24Cl2F2N2O2. The number of carboxylic acid groups (broad SMARTS) is 1. The molecule has 2 aromatic rings. The summed E-state index contributed by atoms with van der Waals surface area (Å²) < 4.78 is 30.3. The number of allylic oxidation sites excluding steroid dienone is 1. The van der Waals surface area contributed by atoms with Gasteiger partial charge in [-0.05, 0) is 35.6 Å². The predicted octanol–water partition coefficient (Wildman–Crippen LogP) is 5.24. The predicted molar refractivity (Wildman–Crippen MR) is 118 cm³/mol. The van der Waals surface area contributed by atoms with Gasteiger partial charge in [0.05, 0.1) is 10.6 Å². The summed E-state index contributed by atoms with van der Waals surface area (Å²) in [5.74, 6) is -3.86. The molecule has 166 valence electrons. The second-order valence-electron chi connectivity index (χ2n) is 8.61. The molecule has 4 atom stereocenters. The first-order chi connectivity index (χ1) is 14.4. The Bertz CT molecular complexity index is 1030. The average Bonchev–Trinajstić information content (AvgIpc) is 2.97. The van der Waals surface area contributed by atoms with Crippen LogP contribution in [0.15, 0.2) is 49.1 Å². The number of nitrogens with two attached hydrogens (primary N) is 1. The number of halogens is 4. The van der Waals surface area contributed by atoms with Crippen molar-refractivity contribution in [3.05, 3.63) is 81.9 Å². The van der Waals surface area contributed by atoms with Gasteiger partial charge >= 0.3 is 5.97 Å². The van der Waals surface area contributed by atoms with Gasteiger partial charge in [-0.15, -0.1) is 6.58 Å². The van der Waals surface area contributed by atoms with E-state index in [0.717, 1.165) is 6.07 Å². The topological polar surface area (TPSA) is 75.3 Å².